The van der Waals surface area contributed by atoms with Crippen molar-refractivity contribution in [3.05, 3.63) is 12.2 Å². The Balaban J connectivity index is 1.83. The molecule has 0 radical (unpaired) electrons. The highest BCUT2D eigenvalue weighted by molar-refractivity contribution is 6.90. The molecule has 0 aromatic heterocycles. The van der Waals surface area contributed by atoms with Gasteiger partial charge in [0.05, 0.1) is 0 Å². The fraction of sp³-hybridized carbons (Fsp3) is 0.913. The number of allylic oxidation sites excluding steroid dienone is 2. The molecule has 0 nitrogen and oxygen atoms in total. The van der Waals surface area contributed by atoms with E-state index in [1.54, 1.807) is 12.8 Å². The van der Waals surface area contributed by atoms with Gasteiger partial charge in [0.15, 0.2) is 0 Å². The van der Waals surface area contributed by atoms with E-state index in [-0.39, 0.29) is 0 Å². The predicted octanol–water partition coefficient (Wildman–Crippen LogP) is 8.39. The van der Waals surface area contributed by atoms with Crippen LogP contribution in [0.4, 0.5) is 0 Å². The molecule has 2 saturated heterocycles. The first-order valence-electron chi connectivity index (χ1n) is 11.7. The Morgan fingerprint density at radius 2 is 1.48 bits per heavy atom. The number of unbranched alkanes of at least 4 members (excludes halogenated alkanes) is 6. The summed E-state index contributed by atoms with van der Waals surface area (Å²) in [7, 11) is -1.07. The van der Waals surface area contributed by atoms with Crippen molar-refractivity contribution < 1.29 is 0 Å². The summed E-state index contributed by atoms with van der Waals surface area (Å²) in [6.07, 6.45) is 25.6. The second-order valence-electron chi connectivity index (χ2n) is 10.2. The zero-order valence-corrected chi connectivity index (χ0v) is 18.9. The fourth-order valence-corrected chi connectivity index (χ4v) is 9.55. The monoisotopic (exact) mass is 360 g/mol. The van der Waals surface area contributed by atoms with E-state index in [2.05, 4.69) is 38.7 Å². The summed E-state index contributed by atoms with van der Waals surface area (Å²) in [5, 5.41) is 0. The maximum absolute atomic E-state index is 2.66. The van der Waals surface area contributed by atoms with Gasteiger partial charge in [-0.15, -0.1) is 0 Å². The number of fused-ring (bicyclic) bond motifs is 3. The molecule has 144 valence electrons. The Bertz CT molecular complexity index is 374. The molecular weight excluding hydrogens is 315 g/mol. The molecule has 2 heterocycles. The van der Waals surface area contributed by atoms with Crippen molar-refractivity contribution in [3.8, 4) is 0 Å². The fourth-order valence-electron chi connectivity index (χ4n) is 6.11. The lowest BCUT2D eigenvalue weighted by molar-refractivity contribution is 0.411. The summed E-state index contributed by atoms with van der Waals surface area (Å²) in [4.78, 5) is 0. The van der Waals surface area contributed by atoms with Crippen molar-refractivity contribution in [2.24, 2.45) is 5.92 Å². The average Bonchev–Trinajstić information content (AvgIpc) is 2.81. The minimum absolute atomic E-state index is 1.02. The topological polar surface area (TPSA) is 0 Å². The van der Waals surface area contributed by atoms with Gasteiger partial charge in [-0.3, -0.25) is 0 Å². The second-order valence-corrected chi connectivity index (χ2v) is 15.6. The third-order valence-electron chi connectivity index (χ3n) is 7.17. The first-order valence-corrected chi connectivity index (χ1v) is 15.3. The molecule has 0 saturated carbocycles. The van der Waals surface area contributed by atoms with E-state index in [0.29, 0.717) is 0 Å². The van der Waals surface area contributed by atoms with Crippen LogP contribution in [0.2, 0.25) is 37.2 Å². The third-order valence-corrected chi connectivity index (χ3v) is 10.1. The molecule has 0 spiro atoms. The van der Waals surface area contributed by atoms with Gasteiger partial charge in [0.2, 0.25) is 0 Å². The van der Waals surface area contributed by atoms with Crippen molar-refractivity contribution in [1.29, 1.82) is 0 Å². The molecule has 0 aliphatic carbocycles. The van der Waals surface area contributed by atoms with Gasteiger partial charge in [-0.1, -0.05) is 127 Å². The Morgan fingerprint density at radius 3 is 2.12 bits per heavy atom. The SMILES string of the molecule is CCCCCCCC/C=C\CB1C2CCCC(CCC2)[C@@H]1[Si](C)(C)C. The highest BCUT2D eigenvalue weighted by Crippen LogP contribution is 2.51. The van der Waals surface area contributed by atoms with Crippen LogP contribution in [0.5, 0.6) is 0 Å². The first-order chi connectivity index (χ1) is 12.0. The minimum Gasteiger partial charge on any atom is -0.0957 e. The molecule has 1 atom stereocenters. The van der Waals surface area contributed by atoms with Gasteiger partial charge in [-0.2, -0.15) is 0 Å². The van der Waals surface area contributed by atoms with Crippen LogP contribution >= 0.6 is 0 Å². The lowest BCUT2D eigenvalue weighted by Crippen LogP contribution is -2.43. The lowest BCUT2D eigenvalue weighted by Gasteiger charge is -2.39. The van der Waals surface area contributed by atoms with E-state index in [1.807, 2.05) is 0 Å². The zero-order chi connectivity index (χ0) is 18.1. The molecular formula is C23H45BSi. The largest absolute Gasteiger partial charge is 0.147 e. The normalized spacial score (nSPS) is 27.7. The summed E-state index contributed by atoms with van der Waals surface area (Å²) in [6.45, 7) is 11.3. The molecule has 2 aliphatic heterocycles. The van der Waals surface area contributed by atoms with Crippen LogP contribution in [0.1, 0.15) is 90.4 Å². The van der Waals surface area contributed by atoms with Crippen molar-refractivity contribution in [1.82, 2.24) is 0 Å². The first kappa shape index (κ1) is 21.3. The maximum atomic E-state index is 2.66. The van der Waals surface area contributed by atoms with Crippen molar-refractivity contribution in [2.75, 3.05) is 0 Å². The highest BCUT2D eigenvalue weighted by Gasteiger charge is 2.46. The zero-order valence-electron chi connectivity index (χ0n) is 17.9. The van der Waals surface area contributed by atoms with E-state index >= 15 is 0 Å². The van der Waals surface area contributed by atoms with E-state index in [1.165, 1.54) is 76.9 Å². The van der Waals surface area contributed by atoms with Crippen LogP contribution in [0, 0.1) is 5.92 Å². The molecule has 25 heavy (non-hydrogen) atoms. The molecule has 0 aromatic carbocycles. The number of hydrogen-bond donors (Lipinski definition) is 0. The average molecular weight is 361 g/mol. The van der Waals surface area contributed by atoms with Crippen LogP contribution in [0.25, 0.3) is 0 Å². The Hall–Kier alpha value is 0.0218. The molecule has 2 fully saturated rings. The Kier molecular flexibility index (Phi) is 9.38. The molecule has 2 bridgehead atoms. The summed E-state index contributed by atoms with van der Waals surface area (Å²) < 4.78 is 0. The van der Waals surface area contributed by atoms with Gasteiger partial charge in [-0.05, 0) is 18.8 Å². The molecule has 2 rings (SSSR count). The third kappa shape index (κ3) is 6.92. The summed E-state index contributed by atoms with van der Waals surface area (Å²) in [6, 6.07) is 0. The number of rotatable bonds is 10. The molecule has 0 aromatic rings. The summed E-state index contributed by atoms with van der Waals surface area (Å²) in [5.41, 5.74) is 1.08. The van der Waals surface area contributed by atoms with Gasteiger partial charge >= 0.3 is 0 Å². The van der Waals surface area contributed by atoms with Crippen LogP contribution in [0.3, 0.4) is 0 Å². The van der Waals surface area contributed by atoms with E-state index in [9.17, 15) is 0 Å². The van der Waals surface area contributed by atoms with Gasteiger partial charge in [0, 0.05) is 8.07 Å². The highest BCUT2D eigenvalue weighted by atomic mass is 28.3. The molecule has 2 aliphatic rings. The van der Waals surface area contributed by atoms with Crippen molar-refractivity contribution >= 4 is 14.8 Å². The van der Waals surface area contributed by atoms with E-state index in [0.717, 1.165) is 23.9 Å². The van der Waals surface area contributed by atoms with Crippen LogP contribution in [-0.4, -0.2) is 14.8 Å². The van der Waals surface area contributed by atoms with Crippen LogP contribution in [-0.2, 0) is 0 Å². The maximum Gasteiger partial charge on any atom is 0.147 e. The quantitative estimate of drug-likeness (QED) is 0.208. The summed E-state index contributed by atoms with van der Waals surface area (Å²) in [5.74, 6) is 2.11. The van der Waals surface area contributed by atoms with Gasteiger partial charge in [0.1, 0.15) is 6.71 Å². The van der Waals surface area contributed by atoms with Gasteiger partial charge < -0.3 is 0 Å². The van der Waals surface area contributed by atoms with Crippen molar-refractivity contribution in [3.63, 3.8) is 0 Å². The predicted molar refractivity (Wildman–Crippen MR) is 120 cm³/mol. The van der Waals surface area contributed by atoms with Crippen LogP contribution in [0.15, 0.2) is 12.2 Å². The van der Waals surface area contributed by atoms with E-state index < -0.39 is 8.07 Å². The number of hydrogen-bond acceptors (Lipinski definition) is 0. The molecule has 2 heteroatoms. The molecule has 0 unspecified atom stereocenters. The lowest BCUT2D eigenvalue weighted by atomic mass is 9.35. The summed E-state index contributed by atoms with van der Waals surface area (Å²) >= 11 is 0. The minimum atomic E-state index is -1.07. The van der Waals surface area contributed by atoms with Gasteiger partial charge in [-0.25, -0.2) is 0 Å². The van der Waals surface area contributed by atoms with Crippen LogP contribution < -0.4 is 0 Å². The molecule has 0 amide bonds. The van der Waals surface area contributed by atoms with Gasteiger partial charge in [0.25, 0.3) is 0 Å². The Morgan fingerprint density at radius 1 is 0.840 bits per heavy atom. The smallest absolute Gasteiger partial charge is 0.0957 e. The van der Waals surface area contributed by atoms with Crippen molar-refractivity contribution in [2.45, 2.75) is 128 Å². The second kappa shape index (κ2) is 11.0. The molecule has 0 N–H and O–H groups in total. The Labute approximate surface area is 160 Å². The van der Waals surface area contributed by atoms with E-state index in [4.69, 9.17) is 0 Å². The standard InChI is InChI=1S/C23H45BSi/c1-5-6-7-8-9-10-11-12-13-20-24-22-18-14-16-21(17-15-19-22)23(24)25(2,3)4/h12-13,21-23H,5-11,14-20H2,1-4H3/b13-12-/t21?,22?,23-/m0/s1.